The van der Waals surface area contributed by atoms with Gasteiger partial charge in [0.25, 0.3) is 0 Å². The second-order valence-electron chi connectivity index (χ2n) is 10.3. The standard InChI is InChI=1S/C21H25FN10O11P2/c1-7-29-16(24)11-18(30-7)32(5-28-11)19-9(22)13-8(40-19)2-39-45(36,37)43-14-12(33)20(41-21(14)38-6-44(34,35)42-13)31-4-27-10-15(23)25-3-26-17(10)31/h3-5,8-9,12-14,19-21,33H,2,6H2,1H3,(H,34,35)(H,36,37)(H2,23,25,26)(H2,24,29,30)/t8-,9?,12?,13+,14-,19-,20-,21+/m1/s1. The molecule has 0 spiro atoms. The number of imidazole rings is 2. The first-order valence-corrected chi connectivity index (χ1v) is 16.4. The number of aliphatic hydroxyl groups is 1. The molecule has 4 unspecified atom stereocenters. The average molecular weight is 674 g/mol. The summed E-state index contributed by atoms with van der Waals surface area (Å²) in [6.45, 7) is 0.708. The molecule has 0 amide bonds. The molecular weight excluding hydrogens is 649 g/mol. The molecule has 10 atom stereocenters. The van der Waals surface area contributed by atoms with Gasteiger partial charge in [-0.3, -0.25) is 27.3 Å². The Hall–Kier alpha value is -3.27. The Morgan fingerprint density at radius 1 is 0.933 bits per heavy atom. The lowest BCUT2D eigenvalue weighted by molar-refractivity contribution is -0.168. The summed E-state index contributed by atoms with van der Waals surface area (Å²) in [5, 5.41) is 11.1. The highest BCUT2D eigenvalue weighted by Gasteiger charge is 2.54. The fourth-order valence-corrected chi connectivity index (χ4v) is 7.26. The van der Waals surface area contributed by atoms with Gasteiger partial charge in [0, 0.05) is 0 Å². The van der Waals surface area contributed by atoms with Crippen LogP contribution in [0.3, 0.4) is 0 Å². The van der Waals surface area contributed by atoms with Crippen molar-refractivity contribution in [3.8, 4) is 0 Å². The first-order chi connectivity index (χ1) is 21.3. The number of ether oxygens (including phenoxy) is 3. The van der Waals surface area contributed by atoms with E-state index in [2.05, 4.69) is 29.9 Å². The number of halogens is 1. The van der Waals surface area contributed by atoms with Crippen molar-refractivity contribution in [3.63, 3.8) is 0 Å². The smallest absolute Gasteiger partial charge is 0.385 e. The number of hydrogen-bond acceptors (Lipinski definition) is 17. The number of aryl methyl sites for hydroxylation is 1. The Kier molecular flexibility index (Phi) is 7.37. The molecule has 0 radical (unpaired) electrons. The number of hydrogen-bond donors (Lipinski definition) is 5. The van der Waals surface area contributed by atoms with Crippen LogP contribution in [-0.2, 0) is 36.9 Å². The molecule has 3 saturated heterocycles. The third kappa shape index (κ3) is 5.36. The fourth-order valence-electron chi connectivity index (χ4n) is 5.31. The summed E-state index contributed by atoms with van der Waals surface area (Å²) < 4.78 is 77.1. The molecule has 7 rings (SSSR count). The number of rotatable bonds is 2. The van der Waals surface area contributed by atoms with Crippen LogP contribution in [0.5, 0.6) is 0 Å². The van der Waals surface area contributed by atoms with Crippen LogP contribution in [0.25, 0.3) is 22.3 Å². The van der Waals surface area contributed by atoms with E-state index >= 15 is 4.39 Å². The number of aliphatic hydroxyl groups excluding tert-OH is 1. The number of nitrogens with two attached hydrogens (primary N) is 2. The number of fused-ring (bicyclic) bond motifs is 4. The highest BCUT2D eigenvalue weighted by Crippen LogP contribution is 2.53. The summed E-state index contributed by atoms with van der Waals surface area (Å²) in [6.07, 6.45) is -11.2. The molecule has 45 heavy (non-hydrogen) atoms. The van der Waals surface area contributed by atoms with Gasteiger partial charge >= 0.3 is 15.4 Å². The van der Waals surface area contributed by atoms with Crippen LogP contribution in [0.4, 0.5) is 16.0 Å². The quantitative estimate of drug-likeness (QED) is 0.170. The largest absolute Gasteiger partial charge is 0.472 e. The van der Waals surface area contributed by atoms with E-state index < -0.39 is 77.7 Å². The number of phosphoric acid groups is 1. The predicted octanol–water partition coefficient (Wildman–Crippen LogP) is -0.349. The lowest BCUT2D eigenvalue weighted by atomic mass is 10.1. The lowest BCUT2D eigenvalue weighted by Gasteiger charge is -2.27. The zero-order valence-electron chi connectivity index (χ0n) is 22.9. The van der Waals surface area contributed by atoms with E-state index in [0.29, 0.717) is 0 Å². The van der Waals surface area contributed by atoms with Gasteiger partial charge in [0.15, 0.2) is 60.3 Å². The normalized spacial score (nSPS) is 37.7. The minimum absolute atomic E-state index is 0.0296. The Bertz CT molecular complexity index is 1880. The van der Waals surface area contributed by atoms with E-state index in [9.17, 15) is 24.0 Å². The molecule has 242 valence electrons. The van der Waals surface area contributed by atoms with Crippen molar-refractivity contribution in [1.29, 1.82) is 0 Å². The van der Waals surface area contributed by atoms with Gasteiger partial charge in [0.05, 0.1) is 19.3 Å². The highest BCUT2D eigenvalue weighted by molar-refractivity contribution is 7.52. The molecule has 3 fully saturated rings. The van der Waals surface area contributed by atoms with Crippen molar-refractivity contribution in [1.82, 2.24) is 39.0 Å². The van der Waals surface area contributed by atoms with Crippen LogP contribution in [-0.4, -0.2) is 104 Å². The van der Waals surface area contributed by atoms with Gasteiger partial charge in [-0.25, -0.2) is 38.9 Å². The molecule has 24 heteroatoms. The van der Waals surface area contributed by atoms with Crippen molar-refractivity contribution in [2.75, 3.05) is 24.4 Å². The van der Waals surface area contributed by atoms with Crippen molar-refractivity contribution in [3.05, 3.63) is 24.8 Å². The molecular formula is C21H25FN10O11P2. The maximum absolute atomic E-state index is 16.0. The number of nitrogens with zero attached hydrogens (tertiary/aromatic N) is 8. The summed E-state index contributed by atoms with van der Waals surface area (Å²) in [5.74, 6) is 0.320. The van der Waals surface area contributed by atoms with Gasteiger partial charge in [0.2, 0.25) is 0 Å². The maximum atomic E-state index is 16.0. The fraction of sp³-hybridized carbons (Fsp3) is 0.524. The zero-order valence-corrected chi connectivity index (χ0v) is 24.7. The summed E-state index contributed by atoms with van der Waals surface area (Å²) in [6, 6.07) is 0. The maximum Gasteiger partial charge on any atom is 0.472 e. The molecule has 3 aliphatic heterocycles. The van der Waals surface area contributed by atoms with E-state index in [1.165, 1.54) is 21.8 Å². The monoisotopic (exact) mass is 674 g/mol. The van der Waals surface area contributed by atoms with Gasteiger partial charge in [-0.05, 0) is 6.92 Å². The van der Waals surface area contributed by atoms with Crippen LogP contribution in [0.2, 0.25) is 0 Å². The molecule has 7 heterocycles. The summed E-state index contributed by atoms with van der Waals surface area (Å²) >= 11 is 0. The Balaban J connectivity index is 1.17. The zero-order chi connectivity index (χ0) is 31.8. The van der Waals surface area contributed by atoms with E-state index in [0.717, 1.165) is 6.33 Å². The van der Waals surface area contributed by atoms with E-state index in [1.54, 1.807) is 6.92 Å². The summed E-state index contributed by atoms with van der Waals surface area (Å²) in [4.78, 5) is 45.6. The van der Waals surface area contributed by atoms with Crippen molar-refractivity contribution < 1.29 is 56.2 Å². The average Bonchev–Trinajstić information content (AvgIpc) is 3.72. The number of phosphoric ester groups is 1. The van der Waals surface area contributed by atoms with Gasteiger partial charge < -0.3 is 40.6 Å². The molecule has 0 aliphatic carbocycles. The molecule has 7 N–H and O–H groups in total. The van der Waals surface area contributed by atoms with Gasteiger partial charge in [-0.1, -0.05) is 0 Å². The number of nitrogen functional groups attached to an aromatic ring is 2. The van der Waals surface area contributed by atoms with Crippen LogP contribution in [0.1, 0.15) is 18.3 Å². The summed E-state index contributed by atoms with van der Waals surface area (Å²) in [5.41, 5.74) is 12.3. The molecule has 0 saturated carbocycles. The summed E-state index contributed by atoms with van der Waals surface area (Å²) in [7, 11) is -9.89. The third-order valence-corrected chi connectivity index (χ3v) is 9.31. The minimum atomic E-state index is -5.07. The topological polar surface area (TPSA) is 289 Å². The second kappa shape index (κ2) is 10.9. The molecule has 21 nitrogen and oxygen atoms in total. The SMILES string of the molecule is Cc1nc(N)c2ncn([C@@H]3O[C@@H]4COP(=O)(O)O[C@@H]5C(O)[C@H](n6cnc7c(N)ncnc76)O[C@@H]5OCP(=O)(O)O[C@@H]4C3F)c2n1. The van der Waals surface area contributed by atoms with Crippen LogP contribution in [0.15, 0.2) is 19.0 Å². The van der Waals surface area contributed by atoms with Gasteiger partial charge in [-0.2, -0.15) is 0 Å². The lowest BCUT2D eigenvalue weighted by Crippen LogP contribution is -2.38. The molecule has 3 aliphatic rings. The molecule has 0 aromatic carbocycles. The number of aromatic nitrogens is 8. The first kappa shape index (κ1) is 30.4. The van der Waals surface area contributed by atoms with Crippen molar-refractivity contribution in [2.45, 2.75) is 56.3 Å². The molecule has 4 aromatic rings. The second-order valence-corrected chi connectivity index (χ2v) is 13.4. The number of anilines is 2. The van der Waals surface area contributed by atoms with E-state index in [1.807, 2.05) is 0 Å². The van der Waals surface area contributed by atoms with Crippen LogP contribution in [0, 0.1) is 6.92 Å². The van der Waals surface area contributed by atoms with Gasteiger partial charge in [-0.15, -0.1) is 0 Å². The van der Waals surface area contributed by atoms with Crippen LogP contribution < -0.4 is 11.5 Å². The van der Waals surface area contributed by atoms with Crippen molar-refractivity contribution in [2.24, 2.45) is 0 Å². The first-order valence-electron chi connectivity index (χ1n) is 13.1. The Morgan fingerprint density at radius 3 is 2.40 bits per heavy atom. The highest BCUT2D eigenvalue weighted by atomic mass is 31.2. The van der Waals surface area contributed by atoms with Gasteiger partial charge in [0.1, 0.15) is 41.5 Å². The molecule has 0 bridgehead atoms. The van der Waals surface area contributed by atoms with E-state index in [4.69, 9.17) is 39.2 Å². The van der Waals surface area contributed by atoms with Crippen molar-refractivity contribution >= 4 is 49.4 Å². The van der Waals surface area contributed by atoms with Crippen LogP contribution >= 0.6 is 15.4 Å². The Morgan fingerprint density at radius 2 is 1.64 bits per heavy atom. The third-order valence-electron chi connectivity index (χ3n) is 7.28. The molecule has 4 aromatic heterocycles. The minimum Gasteiger partial charge on any atom is -0.385 e. The van der Waals surface area contributed by atoms with E-state index in [-0.39, 0.29) is 39.8 Å². The predicted molar refractivity (Wildman–Crippen MR) is 144 cm³/mol. The number of alkyl halides is 1. The Labute approximate surface area is 250 Å².